The van der Waals surface area contributed by atoms with Crippen LogP contribution in [0.2, 0.25) is 0 Å². The molecule has 0 radical (unpaired) electrons. The molecule has 0 saturated heterocycles. The summed E-state index contributed by atoms with van der Waals surface area (Å²) in [4.78, 5) is 16.7. The van der Waals surface area contributed by atoms with Crippen LogP contribution in [0.3, 0.4) is 0 Å². The Bertz CT molecular complexity index is 1250. The number of aromatic nitrogens is 8. The molecular formula is C30H52N8O4. The summed E-state index contributed by atoms with van der Waals surface area (Å²) in [5.74, 6) is 7.66. The predicted molar refractivity (Wildman–Crippen MR) is 160 cm³/mol. The van der Waals surface area contributed by atoms with Gasteiger partial charge in [0.05, 0.1) is 0 Å². The van der Waals surface area contributed by atoms with E-state index in [4.69, 9.17) is 18.1 Å². The van der Waals surface area contributed by atoms with E-state index in [2.05, 4.69) is 75.2 Å². The van der Waals surface area contributed by atoms with Gasteiger partial charge in [0.25, 0.3) is 0 Å². The molecule has 0 aliphatic carbocycles. The van der Waals surface area contributed by atoms with Gasteiger partial charge in [0, 0.05) is 41.4 Å². The number of hydrogen-bond acceptors (Lipinski definition) is 12. The molecule has 0 atom stereocenters. The van der Waals surface area contributed by atoms with Gasteiger partial charge < -0.3 is 18.1 Å². The highest BCUT2D eigenvalue weighted by Gasteiger charge is 2.21. The lowest BCUT2D eigenvalue weighted by Crippen LogP contribution is -2.13. The van der Waals surface area contributed by atoms with Crippen LogP contribution in [0.1, 0.15) is 173 Å². The molecule has 0 spiro atoms. The Morgan fingerprint density at radius 1 is 0.524 bits per heavy atom. The maximum Gasteiger partial charge on any atom is 0.229 e. The van der Waals surface area contributed by atoms with Gasteiger partial charge in [-0.25, -0.2) is 0 Å². The van der Waals surface area contributed by atoms with Crippen LogP contribution < -0.4 is 0 Å². The zero-order valence-electron chi connectivity index (χ0n) is 28.3. The van der Waals surface area contributed by atoms with Crippen molar-refractivity contribution in [2.24, 2.45) is 0 Å². The molecular weight excluding hydrogens is 536 g/mol. The fourth-order valence-electron chi connectivity index (χ4n) is 2.68. The average Bonchev–Trinajstić information content (AvgIpc) is 3.70. The van der Waals surface area contributed by atoms with E-state index in [1.165, 1.54) is 0 Å². The third-order valence-corrected chi connectivity index (χ3v) is 5.41. The molecule has 42 heavy (non-hydrogen) atoms. The number of nitrogens with zero attached hydrogens (tertiary/aromatic N) is 8. The summed E-state index contributed by atoms with van der Waals surface area (Å²) in [6, 6.07) is 0. The zero-order valence-corrected chi connectivity index (χ0v) is 28.3. The zero-order chi connectivity index (χ0) is 32.2. The highest BCUT2D eigenvalue weighted by Crippen LogP contribution is 2.21. The van der Waals surface area contributed by atoms with Gasteiger partial charge >= 0.3 is 0 Å². The van der Waals surface area contributed by atoms with Gasteiger partial charge in [-0.1, -0.05) is 118 Å². The lowest BCUT2D eigenvalue weighted by atomic mass is 9.96. The minimum Gasteiger partial charge on any atom is -0.339 e. The van der Waals surface area contributed by atoms with E-state index in [0.29, 0.717) is 41.3 Å². The molecule has 0 saturated carbocycles. The molecule has 4 aromatic heterocycles. The van der Waals surface area contributed by atoms with E-state index in [0.717, 1.165) is 41.6 Å². The first-order chi connectivity index (χ1) is 19.5. The van der Waals surface area contributed by atoms with Gasteiger partial charge in [-0.3, -0.25) is 0 Å². The lowest BCUT2D eigenvalue weighted by molar-refractivity contribution is 0.352. The quantitative estimate of drug-likeness (QED) is 0.214. The minimum atomic E-state index is -0.0172. The number of rotatable bonds is 6. The topological polar surface area (TPSA) is 156 Å². The summed E-state index contributed by atoms with van der Waals surface area (Å²) in [7, 11) is 0. The molecule has 0 unspecified atom stereocenters. The van der Waals surface area contributed by atoms with Crippen LogP contribution in [-0.2, 0) is 11.8 Å². The maximum atomic E-state index is 5.09. The molecule has 4 aromatic rings. The van der Waals surface area contributed by atoms with Crippen molar-refractivity contribution in [2.75, 3.05) is 0 Å². The third-order valence-electron chi connectivity index (χ3n) is 5.41. The van der Waals surface area contributed by atoms with Gasteiger partial charge in [0.15, 0.2) is 23.3 Å². The van der Waals surface area contributed by atoms with Crippen molar-refractivity contribution in [1.29, 1.82) is 0 Å². The summed E-state index contributed by atoms with van der Waals surface area (Å²) in [6.07, 6.45) is 0.843. The van der Waals surface area contributed by atoms with Gasteiger partial charge in [0.1, 0.15) is 0 Å². The SMILES string of the molecule is CC(C)c1nc(C(C)(C)C)no1.CC(C)c1noc(C(C)C)n1.CCc1noc(C(C)C)n1.Cc1noc(C(C)C)n1. The van der Waals surface area contributed by atoms with E-state index in [1.54, 1.807) is 0 Å². The van der Waals surface area contributed by atoms with Crippen LogP contribution in [0.25, 0.3) is 0 Å². The molecule has 0 N–H and O–H groups in total. The standard InChI is InChI=1S/C9H16N2O.C8H14N2O.C7H12N2O.C6H10N2O/c1-6(2)7-10-8(11-12-7)9(3,4)5;1-5(2)7-9-8(6(3)4)11-10-7;1-4-6-8-7(5(2)3)10-9-6;1-4(2)6-7-5(3)8-9-6/h6H,1-5H3;5-6H,1-4H3;5H,4H2,1-3H3;4H,1-3H3. The molecule has 0 amide bonds. The summed E-state index contributed by atoms with van der Waals surface area (Å²) in [5, 5.41) is 15.2. The van der Waals surface area contributed by atoms with Crippen molar-refractivity contribution in [2.45, 2.75) is 145 Å². The maximum absolute atomic E-state index is 5.09. The second-order valence-electron chi connectivity index (χ2n) is 12.6. The smallest absolute Gasteiger partial charge is 0.229 e. The summed E-state index contributed by atoms with van der Waals surface area (Å²) in [6.45, 7) is 30.4. The van der Waals surface area contributed by atoms with Crippen molar-refractivity contribution in [3.63, 3.8) is 0 Å². The van der Waals surface area contributed by atoms with Crippen molar-refractivity contribution >= 4 is 0 Å². The van der Waals surface area contributed by atoms with E-state index < -0.39 is 0 Å². The molecule has 236 valence electrons. The number of aryl methyl sites for hydroxylation is 2. The summed E-state index contributed by atoms with van der Waals surface area (Å²) < 4.78 is 19.9. The molecule has 12 heteroatoms. The van der Waals surface area contributed by atoms with Gasteiger partial charge in [-0.05, 0) is 6.92 Å². The minimum absolute atomic E-state index is 0.0172. The van der Waals surface area contributed by atoms with Crippen LogP contribution in [0, 0.1) is 6.92 Å². The molecule has 0 aromatic carbocycles. The van der Waals surface area contributed by atoms with E-state index >= 15 is 0 Å². The Balaban J connectivity index is 0.000000281. The van der Waals surface area contributed by atoms with Crippen molar-refractivity contribution < 1.29 is 18.1 Å². The highest BCUT2D eigenvalue weighted by atomic mass is 16.5. The fraction of sp³-hybridized carbons (Fsp3) is 0.733. The lowest BCUT2D eigenvalue weighted by Gasteiger charge is -2.10. The van der Waals surface area contributed by atoms with Crippen LogP contribution in [-0.4, -0.2) is 40.6 Å². The van der Waals surface area contributed by atoms with Crippen LogP contribution in [0.5, 0.6) is 0 Å². The third kappa shape index (κ3) is 12.6. The Morgan fingerprint density at radius 3 is 1.21 bits per heavy atom. The summed E-state index contributed by atoms with van der Waals surface area (Å²) >= 11 is 0. The first kappa shape index (κ1) is 36.6. The van der Waals surface area contributed by atoms with Crippen LogP contribution in [0.15, 0.2) is 18.1 Å². The Hall–Kier alpha value is -3.44. The fourth-order valence-corrected chi connectivity index (χ4v) is 2.68. The molecule has 0 fully saturated rings. The normalized spacial score (nSPS) is 11.4. The average molecular weight is 589 g/mol. The van der Waals surface area contributed by atoms with Crippen LogP contribution in [0.4, 0.5) is 0 Å². The van der Waals surface area contributed by atoms with E-state index in [-0.39, 0.29) is 5.41 Å². The monoisotopic (exact) mass is 588 g/mol. The predicted octanol–water partition coefficient (Wildman–Crippen LogP) is 8.06. The van der Waals surface area contributed by atoms with Crippen molar-refractivity contribution in [3.8, 4) is 0 Å². The first-order valence-electron chi connectivity index (χ1n) is 14.8. The highest BCUT2D eigenvalue weighted by molar-refractivity contribution is 5.01. The van der Waals surface area contributed by atoms with Gasteiger partial charge in [-0.2, -0.15) is 19.9 Å². The largest absolute Gasteiger partial charge is 0.339 e. The Labute approximate surface area is 250 Å². The summed E-state index contributed by atoms with van der Waals surface area (Å²) in [5.41, 5.74) is -0.0172. The van der Waals surface area contributed by atoms with E-state index in [9.17, 15) is 0 Å². The van der Waals surface area contributed by atoms with E-state index in [1.807, 2.05) is 69.2 Å². The van der Waals surface area contributed by atoms with Gasteiger partial charge in [-0.15, -0.1) is 0 Å². The molecule has 0 aliphatic rings. The molecule has 4 heterocycles. The first-order valence-corrected chi connectivity index (χ1v) is 14.8. The molecule has 12 nitrogen and oxygen atoms in total. The van der Waals surface area contributed by atoms with Crippen molar-refractivity contribution in [1.82, 2.24) is 40.6 Å². The number of hydrogen-bond donors (Lipinski definition) is 0. The Kier molecular flexibility index (Phi) is 14.7. The molecule has 0 aliphatic heterocycles. The molecule has 4 rings (SSSR count). The Morgan fingerprint density at radius 2 is 0.952 bits per heavy atom. The van der Waals surface area contributed by atoms with Crippen LogP contribution >= 0.6 is 0 Å². The van der Waals surface area contributed by atoms with Gasteiger partial charge in [0.2, 0.25) is 23.6 Å². The van der Waals surface area contributed by atoms with Crippen molar-refractivity contribution in [3.05, 3.63) is 46.9 Å². The second-order valence-corrected chi connectivity index (χ2v) is 12.6. The second kappa shape index (κ2) is 16.9. The molecule has 0 bridgehead atoms.